The monoisotopic (exact) mass is 1700 g/mol. The number of H-pyrrole nitrogens is 1. The Morgan fingerprint density at radius 3 is 0.651 bits per heavy atom. The van der Waals surface area contributed by atoms with Crippen molar-refractivity contribution in [1.29, 1.82) is 0 Å². The summed E-state index contributed by atoms with van der Waals surface area (Å²) in [4.78, 5) is 3.65. The van der Waals surface area contributed by atoms with Crippen molar-refractivity contribution in [2.45, 2.75) is 10.8 Å². The van der Waals surface area contributed by atoms with E-state index in [1.807, 2.05) is 0 Å². The summed E-state index contributed by atoms with van der Waals surface area (Å²) in [6.07, 6.45) is 0. The molecule has 2 spiro atoms. The topological polar surface area (TPSA) is 40.4 Å². The summed E-state index contributed by atoms with van der Waals surface area (Å²) >= 11 is 3.68. The fourth-order valence-corrected chi connectivity index (χ4v) is 24.2. The fourth-order valence-electron chi connectivity index (χ4n) is 23.8. The van der Waals surface area contributed by atoms with Gasteiger partial charge in [0.2, 0.25) is 0 Å². The Bertz CT molecular complexity index is 8690. The molecule has 600 valence electrons. The average Bonchev–Trinajstić information content (AvgIpc) is 1.51. The van der Waals surface area contributed by atoms with Crippen LogP contribution in [-0.2, 0) is 10.8 Å². The molecule has 6 aromatic heterocycles. The highest BCUT2D eigenvalue weighted by atomic mass is 79.9. The van der Waals surface area contributed by atoms with Crippen LogP contribution in [0.15, 0.2) is 453 Å². The second-order valence-corrected chi connectivity index (χ2v) is 35.9. The van der Waals surface area contributed by atoms with Gasteiger partial charge in [-0.1, -0.05) is 319 Å². The molecule has 0 fully saturated rings. The highest BCUT2D eigenvalue weighted by Gasteiger charge is 2.53. The predicted molar refractivity (Wildman–Crippen MR) is 541 cm³/mol. The summed E-state index contributed by atoms with van der Waals surface area (Å²) in [7, 11) is 0. The third kappa shape index (κ3) is 9.94. The molecule has 0 bridgehead atoms. The molecule has 0 radical (unpaired) electrons. The lowest BCUT2D eigenvalue weighted by atomic mass is 9.70. The van der Waals surface area contributed by atoms with Crippen molar-refractivity contribution in [1.82, 2.24) is 27.8 Å². The number of nitrogens with one attached hydrogen (secondary N) is 1. The third-order valence-corrected chi connectivity index (χ3v) is 29.3. The number of hydrogen-bond acceptors (Lipinski definition) is 0. The van der Waals surface area contributed by atoms with Gasteiger partial charge in [-0.25, -0.2) is 0 Å². The van der Waals surface area contributed by atoms with E-state index in [2.05, 4.69) is 493 Å². The Hall–Kier alpha value is -16.3. The summed E-state index contributed by atoms with van der Waals surface area (Å²) in [5.74, 6) is 0. The average molecular weight is 1700 g/mol. The lowest BCUT2D eigenvalue weighted by Gasteiger charge is -2.30. The summed E-state index contributed by atoms with van der Waals surface area (Å²) < 4.78 is 13.3. The molecule has 0 saturated heterocycles. The summed E-state index contributed by atoms with van der Waals surface area (Å²) in [6.45, 7) is 0. The first-order chi connectivity index (χ1) is 63.9. The van der Waals surface area contributed by atoms with Crippen molar-refractivity contribution in [3.8, 4) is 72.9 Å². The molecule has 0 aliphatic heterocycles. The number of rotatable bonds is 5. The van der Waals surface area contributed by atoms with E-state index in [9.17, 15) is 0 Å². The van der Waals surface area contributed by atoms with Crippen LogP contribution in [0.25, 0.3) is 204 Å². The molecule has 6 nitrogen and oxygen atoms in total. The predicted octanol–water partition coefficient (Wildman–Crippen LogP) is 31.6. The van der Waals surface area contributed by atoms with Crippen LogP contribution < -0.4 is 0 Å². The van der Waals surface area contributed by atoms with Gasteiger partial charge in [0.15, 0.2) is 0 Å². The van der Waals surface area contributed by atoms with Crippen LogP contribution >= 0.6 is 15.9 Å². The van der Waals surface area contributed by atoms with Gasteiger partial charge in [0.25, 0.3) is 0 Å². The number of para-hydroxylation sites is 8. The van der Waals surface area contributed by atoms with Gasteiger partial charge in [-0.15, -0.1) is 0 Å². The van der Waals surface area contributed by atoms with E-state index in [0.717, 1.165) is 32.6 Å². The van der Waals surface area contributed by atoms with Crippen LogP contribution in [0.1, 0.15) is 44.5 Å². The Morgan fingerprint density at radius 2 is 0.357 bits per heavy atom. The largest absolute Gasteiger partial charge is 0.355 e. The molecule has 20 aromatic carbocycles. The maximum absolute atomic E-state index is 3.68. The minimum absolute atomic E-state index is 0.209. The van der Waals surface area contributed by atoms with Gasteiger partial charge in [0, 0.05) is 109 Å². The van der Waals surface area contributed by atoms with Crippen LogP contribution in [0.2, 0.25) is 0 Å². The van der Waals surface area contributed by atoms with E-state index in [-0.39, 0.29) is 10.8 Å². The molecular weight excluding hydrogens is 1630 g/mol. The van der Waals surface area contributed by atoms with Crippen LogP contribution in [0.3, 0.4) is 0 Å². The van der Waals surface area contributed by atoms with Gasteiger partial charge in [-0.2, -0.15) is 0 Å². The highest BCUT2D eigenvalue weighted by Crippen LogP contribution is 2.65. The molecule has 0 unspecified atom stereocenters. The van der Waals surface area contributed by atoms with Crippen LogP contribution in [0.5, 0.6) is 0 Å². The molecule has 6 heterocycles. The summed E-state index contributed by atoms with van der Waals surface area (Å²) in [5, 5.41) is 15.1. The van der Waals surface area contributed by atoms with E-state index in [0.29, 0.717) is 0 Å². The second-order valence-electron chi connectivity index (χ2n) is 35.0. The summed E-state index contributed by atoms with van der Waals surface area (Å²) in [6, 6.07) is 166. The number of halogens is 1. The van der Waals surface area contributed by atoms with Crippen molar-refractivity contribution in [2.24, 2.45) is 0 Å². The number of aromatic amines is 1. The zero-order chi connectivity index (χ0) is 84.5. The summed E-state index contributed by atoms with van der Waals surface area (Å²) in [5.41, 5.74) is 41.2. The lowest BCUT2D eigenvalue weighted by molar-refractivity contribution is 0.793. The molecule has 4 aliphatic carbocycles. The van der Waals surface area contributed by atoms with Crippen molar-refractivity contribution >= 4 is 147 Å². The molecule has 4 aliphatic rings. The van der Waals surface area contributed by atoms with Gasteiger partial charge in [-0.05, 0) is 235 Å². The van der Waals surface area contributed by atoms with E-state index in [1.54, 1.807) is 0 Å². The molecule has 0 amide bonds. The van der Waals surface area contributed by atoms with Crippen molar-refractivity contribution < 1.29 is 0 Å². The zero-order valence-corrected chi connectivity index (χ0v) is 71.4. The molecule has 129 heavy (non-hydrogen) atoms. The number of nitrogens with zero attached hydrogens (tertiary/aromatic N) is 5. The van der Waals surface area contributed by atoms with Gasteiger partial charge in [0.1, 0.15) is 0 Å². The van der Waals surface area contributed by atoms with E-state index >= 15 is 0 Å². The second kappa shape index (κ2) is 27.3. The standard InChI is InChI=1S/C61H37N3.C36H23N3.C25H15Br/c1-8-22-51-41(15-1)42-16-2-9-23-52(42)61(51)53-24-10-3-17-43(53)48-35-38(29-32-54(48)61)64-59-33-30-39(62-55-25-11-4-18-44(55)45-19-5-12-26-56(45)62)36-49(59)50-37-40(31-34-60(50)64)63-57-27-13-6-20-46(57)47-21-7-14-28-58(47)63;1-5-13-33-25(9-1)26-10-2-6-14-34(26)38(33)23-17-19-31-29(21-23)30-22-24(18-20-32(30)37-31)39-35-15-7-3-11-27(35)28-12-4-8-16-36(28)39;26-16-13-14-24-20(15-16)19-9-3-6-12-23(19)25(24)21-10-4-1-7-17(21)18-8-2-5-11-22(18)25/h1-37H;1-22,37H;1-15H. The van der Waals surface area contributed by atoms with Crippen LogP contribution in [0, 0.1) is 0 Å². The fraction of sp³-hybridized carbons (Fsp3) is 0.0164. The van der Waals surface area contributed by atoms with Gasteiger partial charge >= 0.3 is 0 Å². The maximum atomic E-state index is 3.68. The number of benzene rings is 20. The number of hydrogen-bond donors (Lipinski definition) is 1. The molecular formula is C122H75BrN6. The van der Waals surface area contributed by atoms with Crippen molar-refractivity contribution in [3.05, 3.63) is 498 Å². The van der Waals surface area contributed by atoms with Gasteiger partial charge in [-0.3, -0.25) is 0 Å². The highest BCUT2D eigenvalue weighted by molar-refractivity contribution is 9.10. The Balaban J connectivity index is 0.000000109. The Labute approximate surface area is 750 Å². The number of fused-ring (bicyclic) bond motifs is 38. The Morgan fingerprint density at radius 1 is 0.155 bits per heavy atom. The SMILES string of the molecule is Brc1ccc2c(c1)-c1ccccc1C21c2ccccc2-c2ccccc21.c1ccc2c(c1)-c1ccccc1C21c2ccccc2-c2cc(-n3c4ccc(-n5c6ccccc6c6ccccc65)cc4c4cc(-n5c6ccccc6c6ccccc65)ccc43)ccc21.c1ccc2c(c1)c1ccccc1n2-c1ccc2[nH]c3ccc(-n4c5ccccc5c5ccccc54)cc3c2c1. The molecule has 0 atom stereocenters. The quantitative estimate of drug-likeness (QED) is 0.178. The van der Waals surface area contributed by atoms with Gasteiger partial charge < -0.3 is 27.8 Å². The minimum Gasteiger partial charge on any atom is -0.355 e. The molecule has 1 N–H and O–H groups in total. The first kappa shape index (κ1) is 72.0. The maximum Gasteiger partial charge on any atom is 0.0725 e. The van der Waals surface area contributed by atoms with E-state index < -0.39 is 0 Å². The number of aromatic nitrogens is 6. The van der Waals surface area contributed by atoms with Crippen molar-refractivity contribution in [3.63, 3.8) is 0 Å². The normalized spacial score (nSPS) is 13.3. The van der Waals surface area contributed by atoms with Gasteiger partial charge in [0.05, 0.1) is 66.0 Å². The smallest absolute Gasteiger partial charge is 0.0725 e. The molecule has 26 aromatic rings. The van der Waals surface area contributed by atoms with E-state index in [4.69, 9.17) is 0 Å². The van der Waals surface area contributed by atoms with E-state index in [1.165, 1.54) is 220 Å². The Kier molecular flexibility index (Phi) is 15.3. The lowest BCUT2D eigenvalue weighted by Crippen LogP contribution is -2.25. The van der Waals surface area contributed by atoms with Crippen molar-refractivity contribution in [2.75, 3.05) is 0 Å². The minimum atomic E-state index is -0.382. The molecule has 0 saturated carbocycles. The third-order valence-electron chi connectivity index (χ3n) is 28.8. The zero-order valence-electron chi connectivity index (χ0n) is 69.8. The first-order valence-corrected chi connectivity index (χ1v) is 45.3. The van der Waals surface area contributed by atoms with Crippen LogP contribution in [0.4, 0.5) is 0 Å². The first-order valence-electron chi connectivity index (χ1n) is 44.6. The molecule has 30 rings (SSSR count). The van der Waals surface area contributed by atoms with Crippen LogP contribution in [-0.4, -0.2) is 27.8 Å². The molecule has 7 heteroatoms.